The second-order valence-electron chi connectivity index (χ2n) is 6.78. The Morgan fingerprint density at radius 2 is 2.08 bits per heavy atom. The van der Waals surface area contributed by atoms with E-state index in [2.05, 4.69) is 10.3 Å². The first-order chi connectivity index (χ1) is 12.7. The van der Waals surface area contributed by atoms with Crippen LogP contribution in [-0.4, -0.2) is 22.7 Å². The Morgan fingerprint density at radius 1 is 1.23 bits per heavy atom. The van der Waals surface area contributed by atoms with Gasteiger partial charge in [-0.3, -0.25) is 4.79 Å². The number of thioether (sulfide) groups is 1. The molecule has 26 heavy (non-hydrogen) atoms. The first kappa shape index (κ1) is 17.3. The van der Waals surface area contributed by atoms with Gasteiger partial charge in [-0.15, -0.1) is 11.8 Å². The van der Waals surface area contributed by atoms with Crippen LogP contribution in [0, 0.1) is 5.82 Å². The summed E-state index contributed by atoms with van der Waals surface area (Å²) in [4.78, 5) is 17.9. The number of pyridine rings is 1. The lowest BCUT2D eigenvalue weighted by molar-refractivity contribution is 0.0924. The molecule has 0 saturated heterocycles. The number of rotatable bonds is 4. The quantitative estimate of drug-likeness (QED) is 0.843. The topological polar surface area (TPSA) is 51.2 Å². The minimum Gasteiger partial charge on any atom is -0.438 e. The van der Waals surface area contributed by atoms with Gasteiger partial charge >= 0.3 is 0 Å². The standard InChI is InChI=1S/C20H21FN2O2S/c21-14-10-17(19(24)23-15-4-2-1-3-5-15)20(22-12-14)25-16-7-6-13-8-9-26-18(13)11-16/h6-7,10-12,15H,1-5,8-9H2,(H,23,24). The molecule has 1 N–H and O–H groups in total. The number of nitrogens with one attached hydrogen (secondary N) is 1. The average molecular weight is 372 g/mol. The van der Waals surface area contributed by atoms with Crippen molar-refractivity contribution in [1.29, 1.82) is 0 Å². The summed E-state index contributed by atoms with van der Waals surface area (Å²) in [5.74, 6) is 0.958. The van der Waals surface area contributed by atoms with Crippen molar-refractivity contribution in [3.05, 3.63) is 47.4 Å². The highest BCUT2D eigenvalue weighted by atomic mass is 32.2. The summed E-state index contributed by atoms with van der Waals surface area (Å²) in [7, 11) is 0. The lowest BCUT2D eigenvalue weighted by Gasteiger charge is -2.23. The monoisotopic (exact) mass is 372 g/mol. The van der Waals surface area contributed by atoms with Gasteiger partial charge in [0.1, 0.15) is 17.1 Å². The number of nitrogens with zero attached hydrogens (tertiary/aromatic N) is 1. The number of benzene rings is 1. The Morgan fingerprint density at radius 3 is 2.92 bits per heavy atom. The van der Waals surface area contributed by atoms with Crippen LogP contribution in [0.15, 0.2) is 35.4 Å². The van der Waals surface area contributed by atoms with Crippen LogP contribution in [0.1, 0.15) is 48.0 Å². The van der Waals surface area contributed by atoms with Crippen molar-refractivity contribution in [3.63, 3.8) is 0 Å². The van der Waals surface area contributed by atoms with Gasteiger partial charge in [0, 0.05) is 16.7 Å². The second kappa shape index (κ2) is 7.66. The molecular formula is C20H21FN2O2S. The molecule has 1 aromatic carbocycles. The summed E-state index contributed by atoms with van der Waals surface area (Å²) in [6, 6.07) is 7.21. The molecule has 4 nitrogen and oxygen atoms in total. The zero-order valence-corrected chi connectivity index (χ0v) is 15.3. The Bertz CT molecular complexity index is 821. The normalized spacial score (nSPS) is 17.0. The number of amides is 1. The summed E-state index contributed by atoms with van der Waals surface area (Å²) in [6.07, 6.45) is 7.50. The Kier molecular flexibility index (Phi) is 5.11. The largest absolute Gasteiger partial charge is 0.438 e. The van der Waals surface area contributed by atoms with E-state index in [0.29, 0.717) is 5.75 Å². The molecule has 1 fully saturated rings. The van der Waals surface area contributed by atoms with Gasteiger partial charge in [-0.1, -0.05) is 25.3 Å². The number of ether oxygens (including phenoxy) is 1. The zero-order valence-electron chi connectivity index (χ0n) is 14.5. The summed E-state index contributed by atoms with van der Waals surface area (Å²) in [5.41, 5.74) is 1.45. The van der Waals surface area contributed by atoms with E-state index in [4.69, 9.17) is 4.74 Å². The molecule has 0 spiro atoms. The third-order valence-electron chi connectivity index (χ3n) is 4.88. The Hall–Kier alpha value is -2.08. The van der Waals surface area contributed by atoms with Gasteiger partial charge in [0.2, 0.25) is 5.88 Å². The molecule has 2 heterocycles. The minimum atomic E-state index is -0.546. The molecule has 1 aliphatic heterocycles. The van der Waals surface area contributed by atoms with Crippen LogP contribution in [0.4, 0.5) is 4.39 Å². The molecular weight excluding hydrogens is 351 g/mol. The van der Waals surface area contributed by atoms with E-state index < -0.39 is 5.82 Å². The zero-order chi connectivity index (χ0) is 17.9. The highest BCUT2D eigenvalue weighted by Gasteiger charge is 2.21. The Balaban J connectivity index is 1.55. The maximum Gasteiger partial charge on any atom is 0.257 e. The molecule has 2 aliphatic rings. The predicted molar refractivity (Wildman–Crippen MR) is 99.5 cm³/mol. The highest BCUT2D eigenvalue weighted by Crippen LogP contribution is 2.35. The Labute approximate surface area is 156 Å². The van der Waals surface area contributed by atoms with Gasteiger partial charge in [0.25, 0.3) is 5.91 Å². The molecule has 0 bridgehead atoms. The fourth-order valence-corrected chi connectivity index (χ4v) is 4.60. The van der Waals surface area contributed by atoms with E-state index in [9.17, 15) is 9.18 Å². The van der Waals surface area contributed by atoms with E-state index >= 15 is 0 Å². The summed E-state index contributed by atoms with van der Waals surface area (Å²) < 4.78 is 19.6. The van der Waals surface area contributed by atoms with Crippen molar-refractivity contribution in [2.24, 2.45) is 0 Å². The van der Waals surface area contributed by atoms with E-state index in [1.54, 1.807) is 11.8 Å². The lowest BCUT2D eigenvalue weighted by atomic mass is 9.95. The fourth-order valence-electron chi connectivity index (χ4n) is 3.50. The van der Waals surface area contributed by atoms with Crippen LogP contribution in [0.5, 0.6) is 11.6 Å². The summed E-state index contributed by atoms with van der Waals surface area (Å²) in [6.45, 7) is 0. The number of aryl methyl sites for hydroxylation is 1. The van der Waals surface area contributed by atoms with Crippen LogP contribution in [0.2, 0.25) is 0 Å². The fraction of sp³-hybridized carbons (Fsp3) is 0.400. The van der Waals surface area contributed by atoms with Gasteiger partial charge < -0.3 is 10.1 Å². The van der Waals surface area contributed by atoms with Crippen molar-refractivity contribution in [2.75, 3.05) is 5.75 Å². The summed E-state index contributed by atoms with van der Waals surface area (Å²) in [5, 5.41) is 3.00. The van der Waals surface area contributed by atoms with Crippen molar-refractivity contribution >= 4 is 17.7 Å². The molecule has 0 atom stereocenters. The first-order valence-corrected chi connectivity index (χ1v) is 10.1. The third kappa shape index (κ3) is 3.85. The van der Waals surface area contributed by atoms with E-state index in [-0.39, 0.29) is 23.4 Å². The number of carbonyl (C=O) groups excluding carboxylic acids is 1. The number of fused-ring (bicyclic) bond motifs is 1. The van der Waals surface area contributed by atoms with Crippen molar-refractivity contribution in [3.8, 4) is 11.6 Å². The van der Waals surface area contributed by atoms with Gasteiger partial charge in [-0.2, -0.15) is 0 Å². The van der Waals surface area contributed by atoms with Crippen molar-refractivity contribution in [1.82, 2.24) is 10.3 Å². The van der Waals surface area contributed by atoms with E-state index in [1.165, 1.54) is 22.9 Å². The number of halogens is 1. The highest BCUT2D eigenvalue weighted by molar-refractivity contribution is 7.99. The number of hydrogen-bond donors (Lipinski definition) is 1. The number of hydrogen-bond acceptors (Lipinski definition) is 4. The van der Waals surface area contributed by atoms with Crippen LogP contribution < -0.4 is 10.1 Å². The third-order valence-corrected chi connectivity index (χ3v) is 5.98. The van der Waals surface area contributed by atoms with Gasteiger partial charge in [0.05, 0.1) is 6.20 Å². The molecule has 4 rings (SSSR count). The van der Waals surface area contributed by atoms with Crippen molar-refractivity contribution in [2.45, 2.75) is 49.5 Å². The molecule has 1 saturated carbocycles. The molecule has 0 radical (unpaired) electrons. The van der Waals surface area contributed by atoms with Crippen LogP contribution >= 0.6 is 11.8 Å². The SMILES string of the molecule is O=C(NC1CCCCC1)c1cc(F)cnc1Oc1ccc2c(c1)SCC2. The first-order valence-electron chi connectivity index (χ1n) is 9.09. The molecule has 0 unspecified atom stereocenters. The number of aromatic nitrogens is 1. The second-order valence-corrected chi connectivity index (χ2v) is 7.92. The number of carbonyl (C=O) groups is 1. The minimum absolute atomic E-state index is 0.141. The molecule has 136 valence electrons. The van der Waals surface area contributed by atoms with Crippen molar-refractivity contribution < 1.29 is 13.9 Å². The molecule has 6 heteroatoms. The average Bonchev–Trinajstić information content (AvgIpc) is 3.12. The van der Waals surface area contributed by atoms with Crippen LogP contribution in [0.25, 0.3) is 0 Å². The lowest BCUT2D eigenvalue weighted by Crippen LogP contribution is -2.36. The molecule has 1 aliphatic carbocycles. The summed E-state index contributed by atoms with van der Waals surface area (Å²) >= 11 is 1.79. The van der Waals surface area contributed by atoms with Gasteiger partial charge in [0.15, 0.2) is 0 Å². The molecule has 1 amide bonds. The predicted octanol–water partition coefficient (Wildman–Crippen LogP) is 4.72. The van der Waals surface area contributed by atoms with Gasteiger partial charge in [-0.05, 0) is 43.0 Å². The maximum atomic E-state index is 13.7. The van der Waals surface area contributed by atoms with Crippen LogP contribution in [0.3, 0.4) is 0 Å². The molecule has 1 aromatic heterocycles. The van der Waals surface area contributed by atoms with Gasteiger partial charge in [-0.25, -0.2) is 9.37 Å². The smallest absolute Gasteiger partial charge is 0.257 e. The van der Waals surface area contributed by atoms with E-state index in [1.807, 2.05) is 18.2 Å². The van der Waals surface area contributed by atoms with E-state index in [0.717, 1.165) is 44.1 Å². The van der Waals surface area contributed by atoms with Crippen LogP contribution in [-0.2, 0) is 6.42 Å². The molecule has 2 aromatic rings. The maximum absolute atomic E-state index is 13.7.